The van der Waals surface area contributed by atoms with Crippen molar-refractivity contribution in [1.29, 1.82) is 0 Å². The number of nitrogens with one attached hydrogen (secondary N) is 1. The molecule has 1 saturated carbocycles. The van der Waals surface area contributed by atoms with E-state index in [0.29, 0.717) is 11.6 Å². The molecule has 4 N–H and O–H groups in total. The lowest BCUT2D eigenvalue weighted by molar-refractivity contribution is 0.116. The predicted molar refractivity (Wildman–Crippen MR) is 134 cm³/mol. The van der Waals surface area contributed by atoms with E-state index in [-0.39, 0.29) is 30.3 Å². The van der Waals surface area contributed by atoms with Gasteiger partial charge in [-0.2, -0.15) is 4.31 Å². The fourth-order valence-electron chi connectivity index (χ4n) is 3.84. The van der Waals surface area contributed by atoms with Gasteiger partial charge in [0.1, 0.15) is 11.6 Å². The van der Waals surface area contributed by atoms with Gasteiger partial charge in [-0.1, -0.05) is 25.2 Å². The first-order valence-electron chi connectivity index (χ1n) is 11.6. The molecule has 1 aliphatic carbocycles. The molecule has 11 heteroatoms. The Kier molecular flexibility index (Phi) is 7.72. The third-order valence-corrected chi connectivity index (χ3v) is 8.53. The Balaban J connectivity index is 1.53. The molecular formula is C24H30F2N4O3S2. The van der Waals surface area contributed by atoms with Gasteiger partial charge in [0.05, 0.1) is 21.2 Å². The van der Waals surface area contributed by atoms with E-state index in [9.17, 15) is 22.3 Å². The molecule has 1 heterocycles. The number of aliphatic hydroxyl groups excluding tert-OH is 1. The van der Waals surface area contributed by atoms with Gasteiger partial charge in [-0.05, 0) is 61.1 Å². The second-order valence-corrected chi connectivity index (χ2v) is 12.5. The number of anilines is 1. The number of halogens is 2. The van der Waals surface area contributed by atoms with Crippen molar-refractivity contribution in [2.45, 2.75) is 56.2 Å². The van der Waals surface area contributed by atoms with Crippen LogP contribution in [0.25, 0.3) is 10.2 Å². The normalized spacial score (nSPS) is 16.2. The van der Waals surface area contributed by atoms with Gasteiger partial charge < -0.3 is 16.2 Å². The first-order valence-corrected chi connectivity index (χ1v) is 13.8. The zero-order valence-corrected chi connectivity index (χ0v) is 21.2. The average molecular weight is 525 g/mol. The highest BCUT2D eigenvalue weighted by molar-refractivity contribution is 7.89. The predicted octanol–water partition coefficient (Wildman–Crippen LogP) is 3.73. The van der Waals surface area contributed by atoms with Gasteiger partial charge in [0.25, 0.3) is 0 Å². The van der Waals surface area contributed by atoms with Gasteiger partial charge in [-0.25, -0.2) is 22.2 Å². The molecule has 0 aliphatic heterocycles. The Hall–Kier alpha value is -2.18. The summed E-state index contributed by atoms with van der Waals surface area (Å²) >= 11 is 1.41. The second kappa shape index (κ2) is 10.4. The van der Waals surface area contributed by atoms with E-state index in [4.69, 9.17) is 5.73 Å². The van der Waals surface area contributed by atoms with Gasteiger partial charge in [0.15, 0.2) is 5.13 Å². The maximum Gasteiger partial charge on any atom is 0.243 e. The van der Waals surface area contributed by atoms with Crippen molar-refractivity contribution in [2.24, 2.45) is 11.7 Å². The Morgan fingerprint density at radius 1 is 1.17 bits per heavy atom. The first kappa shape index (κ1) is 25.9. The van der Waals surface area contributed by atoms with Gasteiger partial charge in [0, 0.05) is 31.2 Å². The lowest BCUT2D eigenvalue weighted by Gasteiger charge is -2.28. The molecule has 1 fully saturated rings. The number of aromatic nitrogens is 1. The van der Waals surface area contributed by atoms with E-state index in [1.165, 1.54) is 21.7 Å². The molecule has 0 radical (unpaired) electrons. The molecule has 3 aromatic rings. The van der Waals surface area contributed by atoms with Gasteiger partial charge in [-0.3, -0.25) is 0 Å². The number of hydrogen-bond acceptors (Lipinski definition) is 7. The van der Waals surface area contributed by atoms with Crippen LogP contribution in [0.1, 0.15) is 32.3 Å². The molecule has 2 aromatic carbocycles. The van der Waals surface area contributed by atoms with Crippen LogP contribution >= 0.6 is 11.3 Å². The molecule has 0 saturated heterocycles. The van der Waals surface area contributed by atoms with E-state index < -0.39 is 33.8 Å². The van der Waals surface area contributed by atoms with Crippen molar-refractivity contribution in [3.8, 4) is 0 Å². The van der Waals surface area contributed by atoms with E-state index in [1.54, 1.807) is 12.1 Å². The molecule has 0 bridgehead atoms. The second-order valence-electron chi connectivity index (χ2n) is 9.50. The standard InChI is InChI=1S/C24H30F2N4O3S2/c1-14(2)12-30(13-22(31)20(27)9-15-7-16(25)10-17(26)8-15)35(32,33)19-5-6-21-23(11-19)34-24(29-21)28-18-3-4-18/h5-8,10-11,14,18,20,22,31H,3-4,9,12-13,27H2,1-2H3,(H,28,29). The smallest absolute Gasteiger partial charge is 0.243 e. The van der Waals surface area contributed by atoms with Crippen LogP contribution in [0, 0.1) is 17.6 Å². The maximum absolute atomic E-state index is 13.6. The quantitative estimate of drug-likeness (QED) is 0.353. The Labute approximate surface area is 208 Å². The van der Waals surface area contributed by atoms with Crippen LogP contribution in [-0.4, -0.2) is 54.1 Å². The summed E-state index contributed by atoms with van der Waals surface area (Å²) in [6, 6.07) is 7.39. The monoisotopic (exact) mass is 524 g/mol. The largest absolute Gasteiger partial charge is 0.390 e. The SMILES string of the molecule is CC(C)CN(CC(O)C(N)Cc1cc(F)cc(F)c1)S(=O)(=O)c1ccc2nc(NC3CC3)sc2c1. The fraction of sp³-hybridized carbons (Fsp3) is 0.458. The van der Waals surface area contributed by atoms with Crippen LogP contribution in [0.5, 0.6) is 0 Å². The molecule has 1 aliphatic rings. The van der Waals surface area contributed by atoms with Crippen LogP contribution in [0.3, 0.4) is 0 Å². The molecule has 0 amide bonds. The zero-order valence-electron chi connectivity index (χ0n) is 19.6. The van der Waals surface area contributed by atoms with Gasteiger partial charge >= 0.3 is 0 Å². The first-order chi connectivity index (χ1) is 16.5. The minimum absolute atomic E-state index is 0.00495. The van der Waals surface area contributed by atoms with E-state index in [2.05, 4.69) is 10.3 Å². The third-order valence-electron chi connectivity index (χ3n) is 5.75. The lowest BCUT2D eigenvalue weighted by atomic mass is 10.0. The number of benzene rings is 2. The third kappa shape index (κ3) is 6.53. The van der Waals surface area contributed by atoms with E-state index in [0.717, 1.165) is 46.4 Å². The molecule has 35 heavy (non-hydrogen) atoms. The number of hydrogen-bond donors (Lipinski definition) is 3. The summed E-state index contributed by atoms with van der Waals surface area (Å²) in [5.74, 6) is -1.48. The van der Waals surface area contributed by atoms with Crippen molar-refractivity contribution in [3.05, 3.63) is 53.6 Å². The van der Waals surface area contributed by atoms with Crippen LogP contribution in [0.15, 0.2) is 41.3 Å². The summed E-state index contributed by atoms with van der Waals surface area (Å²) in [7, 11) is -3.95. The topological polar surface area (TPSA) is 109 Å². The Bertz CT molecular complexity index is 1270. The molecule has 2 unspecified atom stereocenters. The van der Waals surface area contributed by atoms with Crippen molar-refractivity contribution >= 4 is 36.7 Å². The average Bonchev–Trinajstić information content (AvgIpc) is 3.47. The van der Waals surface area contributed by atoms with E-state index in [1.807, 2.05) is 13.8 Å². The number of thiazole rings is 1. The minimum Gasteiger partial charge on any atom is -0.390 e. The highest BCUT2D eigenvalue weighted by Gasteiger charge is 2.30. The van der Waals surface area contributed by atoms with Crippen molar-refractivity contribution in [2.75, 3.05) is 18.4 Å². The van der Waals surface area contributed by atoms with Crippen LogP contribution < -0.4 is 11.1 Å². The summed E-state index contributed by atoms with van der Waals surface area (Å²) in [6.45, 7) is 3.70. The summed E-state index contributed by atoms with van der Waals surface area (Å²) < 4.78 is 56.1. The van der Waals surface area contributed by atoms with Crippen LogP contribution in [0.2, 0.25) is 0 Å². The van der Waals surface area contributed by atoms with Crippen molar-refractivity contribution < 1.29 is 22.3 Å². The molecule has 1 aromatic heterocycles. The number of sulfonamides is 1. The highest BCUT2D eigenvalue weighted by atomic mass is 32.2. The van der Waals surface area contributed by atoms with Gasteiger partial charge in [0.2, 0.25) is 10.0 Å². The van der Waals surface area contributed by atoms with Crippen molar-refractivity contribution in [3.63, 3.8) is 0 Å². The number of nitrogens with two attached hydrogens (primary N) is 1. The lowest BCUT2D eigenvalue weighted by Crippen LogP contribution is -2.47. The Morgan fingerprint density at radius 2 is 1.86 bits per heavy atom. The molecule has 7 nitrogen and oxygen atoms in total. The van der Waals surface area contributed by atoms with Crippen molar-refractivity contribution in [1.82, 2.24) is 9.29 Å². The van der Waals surface area contributed by atoms with Gasteiger partial charge in [-0.15, -0.1) is 0 Å². The summed E-state index contributed by atoms with van der Waals surface area (Å²) in [6.07, 6.45) is 0.974. The fourth-order valence-corrected chi connectivity index (χ4v) is 6.54. The summed E-state index contributed by atoms with van der Waals surface area (Å²) in [5, 5.41) is 14.8. The molecule has 0 spiro atoms. The molecular weight excluding hydrogens is 494 g/mol. The molecule has 190 valence electrons. The molecule has 2 atom stereocenters. The van der Waals surface area contributed by atoms with E-state index >= 15 is 0 Å². The number of aliphatic hydroxyl groups is 1. The Morgan fingerprint density at radius 3 is 2.49 bits per heavy atom. The number of fused-ring (bicyclic) bond motifs is 1. The highest BCUT2D eigenvalue weighted by Crippen LogP contribution is 2.32. The maximum atomic E-state index is 13.6. The zero-order chi connectivity index (χ0) is 25.3. The molecule has 4 rings (SSSR count). The summed E-state index contributed by atoms with van der Waals surface area (Å²) in [5.41, 5.74) is 7.11. The summed E-state index contributed by atoms with van der Waals surface area (Å²) in [4.78, 5) is 4.63. The number of rotatable bonds is 11. The van der Waals surface area contributed by atoms with Crippen LogP contribution in [0.4, 0.5) is 13.9 Å². The van der Waals surface area contributed by atoms with Crippen LogP contribution in [-0.2, 0) is 16.4 Å². The number of nitrogens with zero attached hydrogens (tertiary/aromatic N) is 2. The minimum atomic E-state index is -3.95.